The summed E-state index contributed by atoms with van der Waals surface area (Å²) in [7, 11) is 6.77. The van der Waals surface area contributed by atoms with Crippen LogP contribution >= 0.6 is 0 Å². The highest BCUT2D eigenvalue weighted by atomic mass is 15.2. The number of benzene rings is 1. The lowest BCUT2D eigenvalue weighted by Gasteiger charge is -2.44. The van der Waals surface area contributed by atoms with E-state index in [1.54, 1.807) is 5.56 Å². The Hall–Kier alpha value is -0.860. The second-order valence-electron chi connectivity index (χ2n) is 7.14. The number of fused-ring (bicyclic) bond motifs is 2. The fourth-order valence-corrected chi connectivity index (χ4v) is 4.44. The monoisotopic (exact) mass is 272 g/mol. The highest BCUT2D eigenvalue weighted by molar-refractivity contribution is 5.27. The molecule has 4 atom stereocenters. The molecule has 1 aromatic carbocycles. The third kappa shape index (κ3) is 2.51. The Morgan fingerprint density at radius 3 is 2.50 bits per heavy atom. The Balaban J connectivity index is 1.89. The van der Waals surface area contributed by atoms with E-state index in [0.717, 1.165) is 23.9 Å². The normalized spacial score (nSPS) is 33.9. The minimum Gasteiger partial charge on any atom is -0.309 e. The molecule has 2 bridgehead atoms. The number of piperidine rings is 1. The summed E-state index contributed by atoms with van der Waals surface area (Å²) < 4.78 is 0. The summed E-state index contributed by atoms with van der Waals surface area (Å²) >= 11 is 0. The van der Waals surface area contributed by atoms with Gasteiger partial charge in [-0.2, -0.15) is 0 Å². The van der Waals surface area contributed by atoms with Gasteiger partial charge >= 0.3 is 0 Å². The van der Waals surface area contributed by atoms with Crippen molar-refractivity contribution in [3.05, 3.63) is 35.4 Å². The Bertz CT molecular complexity index is 451. The van der Waals surface area contributed by atoms with Gasteiger partial charge in [-0.05, 0) is 64.7 Å². The second kappa shape index (κ2) is 5.50. The molecule has 0 radical (unpaired) electrons. The summed E-state index contributed by atoms with van der Waals surface area (Å²) in [6.07, 6.45) is 4.13. The highest BCUT2D eigenvalue weighted by Gasteiger charge is 2.45. The van der Waals surface area contributed by atoms with Gasteiger partial charge in [-0.1, -0.05) is 29.8 Å². The molecule has 1 aromatic rings. The molecule has 2 heteroatoms. The van der Waals surface area contributed by atoms with Gasteiger partial charge in [0.15, 0.2) is 0 Å². The molecule has 0 aromatic heterocycles. The Labute approximate surface area is 123 Å². The van der Waals surface area contributed by atoms with Gasteiger partial charge in [0.2, 0.25) is 0 Å². The molecular formula is C18H28N2. The van der Waals surface area contributed by atoms with Gasteiger partial charge in [-0.3, -0.25) is 0 Å². The van der Waals surface area contributed by atoms with Gasteiger partial charge in [-0.15, -0.1) is 0 Å². The van der Waals surface area contributed by atoms with Crippen molar-refractivity contribution >= 4 is 0 Å². The molecule has 3 rings (SSSR count). The van der Waals surface area contributed by atoms with E-state index >= 15 is 0 Å². The molecule has 0 amide bonds. The summed E-state index contributed by atoms with van der Waals surface area (Å²) in [6.45, 7) is 3.39. The number of hydrogen-bond donors (Lipinski definition) is 0. The molecule has 2 aliphatic rings. The Kier molecular flexibility index (Phi) is 3.87. The van der Waals surface area contributed by atoms with Crippen molar-refractivity contribution in [2.24, 2.45) is 5.92 Å². The third-order valence-electron chi connectivity index (χ3n) is 5.51. The van der Waals surface area contributed by atoms with Crippen LogP contribution in [0.4, 0.5) is 0 Å². The Morgan fingerprint density at radius 1 is 1.15 bits per heavy atom. The number of hydrogen-bond acceptors (Lipinski definition) is 2. The topological polar surface area (TPSA) is 6.48 Å². The van der Waals surface area contributed by atoms with Crippen LogP contribution in [-0.2, 0) is 0 Å². The minimum atomic E-state index is 0.742. The molecule has 0 aliphatic carbocycles. The highest BCUT2D eigenvalue weighted by Crippen LogP contribution is 2.46. The molecule has 2 nitrogen and oxygen atoms in total. The van der Waals surface area contributed by atoms with Crippen molar-refractivity contribution in [3.63, 3.8) is 0 Å². The smallest absolute Gasteiger partial charge is 0.0142 e. The van der Waals surface area contributed by atoms with E-state index < -0.39 is 0 Å². The SMILES string of the molecule is Cc1ccc([C@H]2CC3CCC(C2CN(C)C)N3C)cc1. The lowest BCUT2D eigenvalue weighted by atomic mass is 9.76. The molecule has 0 saturated carbocycles. The Morgan fingerprint density at radius 2 is 1.85 bits per heavy atom. The zero-order valence-electron chi connectivity index (χ0n) is 13.3. The van der Waals surface area contributed by atoms with E-state index in [4.69, 9.17) is 0 Å². The lowest BCUT2D eigenvalue weighted by molar-refractivity contribution is 0.0824. The van der Waals surface area contributed by atoms with Crippen LogP contribution in [0.3, 0.4) is 0 Å². The van der Waals surface area contributed by atoms with Crippen LogP contribution in [-0.4, -0.2) is 49.6 Å². The molecule has 0 spiro atoms. The first-order valence-corrected chi connectivity index (χ1v) is 7.99. The maximum Gasteiger partial charge on any atom is 0.0142 e. The quantitative estimate of drug-likeness (QED) is 0.834. The van der Waals surface area contributed by atoms with Gasteiger partial charge in [0.05, 0.1) is 0 Å². The molecule has 3 unspecified atom stereocenters. The van der Waals surface area contributed by atoms with E-state index in [0.29, 0.717) is 0 Å². The molecule has 2 aliphatic heterocycles. The zero-order chi connectivity index (χ0) is 14.3. The first kappa shape index (κ1) is 14.1. The van der Waals surface area contributed by atoms with Crippen molar-refractivity contribution in [3.8, 4) is 0 Å². The van der Waals surface area contributed by atoms with E-state index in [-0.39, 0.29) is 0 Å². The van der Waals surface area contributed by atoms with Crippen molar-refractivity contribution < 1.29 is 0 Å². The van der Waals surface area contributed by atoms with E-state index in [1.807, 2.05) is 0 Å². The van der Waals surface area contributed by atoms with Crippen LogP contribution in [0, 0.1) is 12.8 Å². The molecule has 20 heavy (non-hydrogen) atoms. The van der Waals surface area contributed by atoms with Crippen LogP contribution in [0.25, 0.3) is 0 Å². The first-order chi connectivity index (χ1) is 9.56. The molecule has 0 N–H and O–H groups in total. The average molecular weight is 272 g/mol. The summed E-state index contributed by atoms with van der Waals surface area (Å²) in [5, 5.41) is 0. The first-order valence-electron chi connectivity index (χ1n) is 7.99. The zero-order valence-corrected chi connectivity index (χ0v) is 13.3. The molecule has 2 heterocycles. The van der Waals surface area contributed by atoms with Gasteiger partial charge in [0, 0.05) is 18.6 Å². The lowest BCUT2D eigenvalue weighted by Crippen LogP contribution is -2.48. The molecule has 2 saturated heterocycles. The van der Waals surface area contributed by atoms with Gasteiger partial charge in [0.25, 0.3) is 0 Å². The van der Waals surface area contributed by atoms with Crippen LogP contribution in [0.2, 0.25) is 0 Å². The van der Waals surface area contributed by atoms with Crippen LogP contribution in [0.15, 0.2) is 24.3 Å². The summed E-state index contributed by atoms with van der Waals surface area (Å²) in [5.41, 5.74) is 2.93. The fourth-order valence-electron chi connectivity index (χ4n) is 4.44. The third-order valence-corrected chi connectivity index (χ3v) is 5.51. The van der Waals surface area contributed by atoms with E-state index in [9.17, 15) is 0 Å². The van der Waals surface area contributed by atoms with Crippen LogP contribution in [0.1, 0.15) is 36.3 Å². The summed E-state index contributed by atoms with van der Waals surface area (Å²) in [6, 6.07) is 10.9. The predicted octanol–water partition coefficient (Wildman–Crippen LogP) is 3.12. The summed E-state index contributed by atoms with van der Waals surface area (Å²) in [5.74, 6) is 1.52. The minimum absolute atomic E-state index is 0.742. The van der Waals surface area contributed by atoms with E-state index in [2.05, 4.69) is 62.1 Å². The number of nitrogens with zero attached hydrogens (tertiary/aromatic N) is 2. The largest absolute Gasteiger partial charge is 0.309 e. The predicted molar refractivity (Wildman–Crippen MR) is 85.2 cm³/mol. The van der Waals surface area contributed by atoms with E-state index in [1.165, 1.54) is 31.4 Å². The average Bonchev–Trinajstić information content (AvgIpc) is 2.65. The number of rotatable bonds is 3. The van der Waals surface area contributed by atoms with Crippen molar-refractivity contribution in [2.45, 2.75) is 44.2 Å². The maximum absolute atomic E-state index is 2.67. The van der Waals surface area contributed by atoms with Crippen LogP contribution < -0.4 is 0 Å². The summed E-state index contributed by atoms with van der Waals surface area (Å²) in [4.78, 5) is 5.04. The van der Waals surface area contributed by atoms with Crippen LogP contribution in [0.5, 0.6) is 0 Å². The van der Waals surface area contributed by atoms with Crippen molar-refractivity contribution in [1.29, 1.82) is 0 Å². The number of aryl methyl sites for hydroxylation is 1. The fraction of sp³-hybridized carbons (Fsp3) is 0.667. The van der Waals surface area contributed by atoms with Gasteiger partial charge < -0.3 is 9.80 Å². The standard InChI is InChI=1S/C18H28N2/c1-13-5-7-14(8-6-13)16-11-15-9-10-18(20(15)4)17(16)12-19(2)3/h5-8,15-18H,9-12H2,1-4H3/t15?,16-,17?,18?/m1/s1. The van der Waals surface area contributed by atoms with Crippen molar-refractivity contribution in [1.82, 2.24) is 9.80 Å². The van der Waals surface area contributed by atoms with Crippen molar-refractivity contribution in [2.75, 3.05) is 27.7 Å². The van der Waals surface area contributed by atoms with Gasteiger partial charge in [-0.25, -0.2) is 0 Å². The molecular weight excluding hydrogens is 244 g/mol. The van der Waals surface area contributed by atoms with Gasteiger partial charge in [0.1, 0.15) is 0 Å². The molecule has 2 fully saturated rings. The second-order valence-corrected chi connectivity index (χ2v) is 7.14. The molecule has 110 valence electrons. The maximum atomic E-state index is 2.67.